The monoisotopic (exact) mass is 269 g/mol. The van der Waals surface area contributed by atoms with Crippen molar-refractivity contribution in [3.8, 4) is 5.69 Å². The number of aromatic nitrogens is 2. The summed E-state index contributed by atoms with van der Waals surface area (Å²) in [5, 5.41) is 3.55. The Morgan fingerprint density at radius 2 is 2.15 bits per heavy atom. The van der Waals surface area contributed by atoms with Crippen molar-refractivity contribution in [3.63, 3.8) is 0 Å². The zero-order valence-corrected chi connectivity index (χ0v) is 12.2. The lowest BCUT2D eigenvalue weighted by molar-refractivity contribution is 0.615. The van der Waals surface area contributed by atoms with Gasteiger partial charge in [-0.25, -0.2) is 4.98 Å². The summed E-state index contributed by atoms with van der Waals surface area (Å²) >= 11 is 0. The molecule has 0 aliphatic carbocycles. The average molecular weight is 269 g/mol. The molecule has 0 spiro atoms. The topological polar surface area (TPSA) is 29.9 Å². The van der Waals surface area contributed by atoms with Crippen LogP contribution in [0.4, 0.5) is 0 Å². The standard InChI is InChI=1S/C17H23N3/c1-2-3-5-14-7-9-15(10-8-14)20-13-18-12-17(20)16-6-4-11-19-16/h7-10,12-13,16,19H,2-6,11H2,1H3. The number of unbranched alkanes of at least 4 members (excludes halogenated alkanes) is 1. The van der Waals surface area contributed by atoms with Crippen LogP contribution in [0, 0.1) is 0 Å². The summed E-state index contributed by atoms with van der Waals surface area (Å²) in [7, 11) is 0. The number of nitrogens with one attached hydrogen (secondary N) is 1. The second-order valence-corrected chi connectivity index (χ2v) is 5.61. The van der Waals surface area contributed by atoms with Gasteiger partial charge in [-0.15, -0.1) is 0 Å². The molecule has 1 saturated heterocycles. The summed E-state index contributed by atoms with van der Waals surface area (Å²) in [6.07, 6.45) is 10.1. The fourth-order valence-electron chi connectivity index (χ4n) is 2.92. The van der Waals surface area contributed by atoms with Crippen molar-refractivity contribution < 1.29 is 0 Å². The van der Waals surface area contributed by atoms with Crippen molar-refractivity contribution in [2.75, 3.05) is 6.54 Å². The molecule has 106 valence electrons. The van der Waals surface area contributed by atoms with Gasteiger partial charge in [0.1, 0.15) is 0 Å². The first kappa shape index (κ1) is 13.4. The lowest BCUT2D eigenvalue weighted by Gasteiger charge is -2.14. The van der Waals surface area contributed by atoms with Crippen LogP contribution in [0.15, 0.2) is 36.8 Å². The molecule has 1 fully saturated rings. The Morgan fingerprint density at radius 3 is 2.85 bits per heavy atom. The fourth-order valence-corrected chi connectivity index (χ4v) is 2.92. The van der Waals surface area contributed by atoms with E-state index in [1.54, 1.807) is 0 Å². The minimum Gasteiger partial charge on any atom is -0.309 e. The maximum absolute atomic E-state index is 4.34. The van der Waals surface area contributed by atoms with Gasteiger partial charge in [0, 0.05) is 11.7 Å². The van der Waals surface area contributed by atoms with Gasteiger partial charge >= 0.3 is 0 Å². The summed E-state index contributed by atoms with van der Waals surface area (Å²) in [4.78, 5) is 4.34. The molecule has 20 heavy (non-hydrogen) atoms. The van der Waals surface area contributed by atoms with Gasteiger partial charge in [0.15, 0.2) is 0 Å². The summed E-state index contributed by atoms with van der Waals surface area (Å²) in [6.45, 7) is 3.35. The van der Waals surface area contributed by atoms with E-state index in [9.17, 15) is 0 Å². The molecule has 0 saturated carbocycles. The molecule has 2 heterocycles. The smallest absolute Gasteiger partial charge is 0.0994 e. The van der Waals surface area contributed by atoms with Crippen LogP contribution in [0.2, 0.25) is 0 Å². The fraction of sp³-hybridized carbons (Fsp3) is 0.471. The van der Waals surface area contributed by atoms with Gasteiger partial charge < -0.3 is 9.88 Å². The maximum atomic E-state index is 4.34. The van der Waals surface area contributed by atoms with Crippen molar-refractivity contribution in [1.82, 2.24) is 14.9 Å². The highest BCUT2D eigenvalue weighted by Crippen LogP contribution is 2.25. The number of rotatable bonds is 5. The Kier molecular flexibility index (Phi) is 4.16. The van der Waals surface area contributed by atoms with Gasteiger partial charge in [0.2, 0.25) is 0 Å². The SMILES string of the molecule is CCCCc1ccc(-n2cncc2C2CCCN2)cc1. The molecule has 1 aromatic heterocycles. The first-order chi connectivity index (χ1) is 9.88. The Hall–Kier alpha value is -1.61. The van der Waals surface area contributed by atoms with Crippen LogP contribution in [0.1, 0.15) is 49.9 Å². The lowest BCUT2D eigenvalue weighted by Crippen LogP contribution is -2.16. The number of hydrogen-bond donors (Lipinski definition) is 1. The van der Waals surface area contributed by atoms with Crippen molar-refractivity contribution in [2.45, 2.75) is 45.1 Å². The zero-order chi connectivity index (χ0) is 13.8. The van der Waals surface area contributed by atoms with E-state index in [4.69, 9.17) is 0 Å². The van der Waals surface area contributed by atoms with Gasteiger partial charge in [-0.05, 0) is 49.9 Å². The molecule has 0 amide bonds. The lowest BCUT2D eigenvalue weighted by atomic mass is 10.1. The minimum absolute atomic E-state index is 0.456. The Morgan fingerprint density at radius 1 is 1.30 bits per heavy atom. The summed E-state index contributed by atoms with van der Waals surface area (Å²) < 4.78 is 2.21. The van der Waals surface area contributed by atoms with Gasteiger partial charge in [-0.3, -0.25) is 0 Å². The third-order valence-corrected chi connectivity index (χ3v) is 4.12. The summed E-state index contributed by atoms with van der Waals surface area (Å²) in [6, 6.07) is 9.38. The molecule has 1 atom stereocenters. The Balaban J connectivity index is 1.80. The van der Waals surface area contributed by atoms with Crippen molar-refractivity contribution >= 4 is 0 Å². The molecule has 1 N–H and O–H groups in total. The van der Waals surface area contributed by atoms with Crippen LogP contribution in [-0.2, 0) is 6.42 Å². The molecule has 2 aromatic rings. The molecule has 1 aliphatic rings. The zero-order valence-electron chi connectivity index (χ0n) is 12.2. The summed E-state index contributed by atoms with van der Waals surface area (Å²) in [5.41, 5.74) is 3.92. The van der Waals surface area contributed by atoms with Crippen molar-refractivity contribution in [3.05, 3.63) is 48.0 Å². The number of imidazole rings is 1. The second-order valence-electron chi connectivity index (χ2n) is 5.61. The van der Waals surface area contributed by atoms with E-state index in [-0.39, 0.29) is 0 Å². The van der Waals surface area contributed by atoms with Crippen LogP contribution in [-0.4, -0.2) is 16.1 Å². The van der Waals surface area contributed by atoms with Crippen LogP contribution < -0.4 is 5.32 Å². The number of nitrogens with zero attached hydrogens (tertiary/aromatic N) is 2. The number of aryl methyl sites for hydroxylation is 1. The van der Waals surface area contributed by atoms with E-state index in [2.05, 4.69) is 46.1 Å². The molecule has 1 aromatic carbocycles. The van der Waals surface area contributed by atoms with Crippen LogP contribution >= 0.6 is 0 Å². The van der Waals surface area contributed by atoms with Crippen LogP contribution in [0.25, 0.3) is 5.69 Å². The van der Waals surface area contributed by atoms with Gasteiger partial charge in [0.25, 0.3) is 0 Å². The highest BCUT2D eigenvalue weighted by atomic mass is 15.1. The predicted octanol–water partition coefficient (Wildman–Crippen LogP) is 3.64. The first-order valence-electron chi connectivity index (χ1n) is 7.73. The van der Waals surface area contributed by atoms with Gasteiger partial charge in [-0.1, -0.05) is 25.5 Å². The molecule has 0 radical (unpaired) electrons. The van der Waals surface area contributed by atoms with Crippen LogP contribution in [0.5, 0.6) is 0 Å². The number of hydrogen-bond acceptors (Lipinski definition) is 2. The molecule has 3 nitrogen and oxygen atoms in total. The highest BCUT2D eigenvalue weighted by Gasteiger charge is 2.20. The van der Waals surface area contributed by atoms with E-state index in [0.717, 1.165) is 6.54 Å². The molecule has 1 unspecified atom stereocenters. The quantitative estimate of drug-likeness (QED) is 0.898. The van der Waals surface area contributed by atoms with Crippen molar-refractivity contribution in [1.29, 1.82) is 0 Å². The van der Waals surface area contributed by atoms with Gasteiger partial charge in [-0.2, -0.15) is 0 Å². The molecule has 0 bridgehead atoms. The predicted molar refractivity (Wildman–Crippen MR) is 82.2 cm³/mol. The Bertz CT molecular complexity index is 536. The van der Waals surface area contributed by atoms with Crippen LogP contribution in [0.3, 0.4) is 0 Å². The average Bonchev–Trinajstić information content (AvgIpc) is 3.15. The Labute approximate surface area is 121 Å². The molecule has 3 heteroatoms. The maximum Gasteiger partial charge on any atom is 0.0994 e. The van der Waals surface area contributed by atoms with E-state index < -0.39 is 0 Å². The first-order valence-corrected chi connectivity index (χ1v) is 7.73. The van der Waals surface area contributed by atoms with E-state index >= 15 is 0 Å². The summed E-state index contributed by atoms with van der Waals surface area (Å²) in [5.74, 6) is 0. The van der Waals surface area contributed by atoms with E-state index in [1.165, 1.54) is 49.0 Å². The number of benzene rings is 1. The molecule has 1 aliphatic heterocycles. The van der Waals surface area contributed by atoms with Crippen molar-refractivity contribution in [2.24, 2.45) is 0 Å². The third-order valence-electron chi connectivity index (χ3n) is 4.12. The third kappa shape index (κ3) is 2.78. The van der Waals surface area contributed by atoms with Gasteiger partial charge in [0.05, 0.1) is 18.2 Å². The van der Waals surface area contributed by atoms with E-state index in [1.807, 2.05) is 12.5 Å². The molecular formula is C17H23N3. The minimum atomic E-state index is 0.456. The second kappa shape index (κ2) is 6.23. The molecular weight excluding hydrogens is 246 g/mol. The largest absolute Gasteiger partial charge is 0.309 e. The highest BCUT2D eigenvalue weighted by molar-refractivity contribution is 5.37. The van der Waals surface area contributed by atoms with E-state index in [0.29, 0.717) is 6.04 Å². The normalized spacial score (nSPS) is 18.6. The molecule has 3 rings (SSSR count).